The molecule has 3 atom stereocenters. The molecule has 4 nitrogen and oxygen atoms in total. The first kappa shape index (κ1) is 18.2. The maximum absolute atomic E-state index is 12.8. The van der Waals surface area contributed by atoms with Crippen LogP contribution in [0.2, 0.25) is 0 Å². The summed E-state index contributed by atoms with van der Waals surface area (Å²) in [5.41, 5.74) is 2.89. The monoisotopic (exact) mass is 383 g/mol. The van der Waals surface area contributed by atoms with Crippen LogP contribution in [-0.2, 0) is 22.4 Å². The van der Waals surface area contributed by atoms with Crippen molar-refractivity contribution in [2.45, 2.75) is 45.4 Å². The van der Waals surface area contributed by atoms with Crippen LogP contribution in [-0.4, -0.2) is 18.5 Å². The molecule has 142 valence electrons. The molecular formula is C22H25NO3S. The number of ether oxygens (including phenoxy) is 1. The fourth-order valence-corrected chi connectivity index (χ4v) is 5.42. The number of rotatable bonds is 5. The van der Waals surface area contributed by atoms with E-state index in [4.69, 9.17) is 4.74 Å². The van der Waals surface area contributed by atoms with Gasteiger partial charge >= 0.3 is 5.97 Å². The van der Waals surface area contributed by atoms with Crippen LogP contribution >= 0.6 is 11.3 Å². The van der Waals surface area contributed by atoms with E-state index in [2.05, 4.69) is 24.4 Å². The minimum absolute atomic E-state index is 0.0134. The van der Waals surface area contributed by atoms with Gasteiger partial charge in [0.05, 0.1) is 12.2 Å². The van der Waals surface area contributed by atoms with Gasteiger partial charge in [0.15, 0.2) is 0 Å². The molecule has 1 aromatic heterocycles. The van der Waals surface area contributed by atoms with Gasteiger partial charge in [0.1, 0.15) is 5.00 Å². The van der Waals surface area contributed by atoms with E-state index in [9.17, 15) is 9.59 Å². The Labute approximate surface area is 163 Å². The number of carbonyl (C=O) groups excluding carboxylic acids is 2. The van der Waals surface area contributed by atoms with Gasteiger partial charge in [-0.05, 0) is 55.6 Å². The van der Waals surface area contributed by atoms with Gasteiger partial charge in [0.25, 0.3) is 0 Å². The van der Waals surface area contributed by atoms with Crippen molar-refractivity contribution in [1.82, 2.24) is 0 Å². The lowest BCUT2D eigenvalue weighted by Crippen LogP contribution is -2.18. The molecule has 1 fully saturated rings. The second-order valence-electron chi connectivity index (χ2n) is 7.62. The number of anilines is 1. The molecule has 1 amide bonds. The molecule has 0 saturated heterocycles. The first-order chi connectivity index (χ1) is 13.1. The third kappa shape index (κ3) is 3.65. The summed E-state index contributed by atoms with van der Waals surface area (Å²) < 4.78 is 5.28. The fraction of sp³-hybridized carbons (Fsp3) is 0.455. The van der Waals surface area contributed by atoms with Crippen molar-refractivity contribution in [2.24, 2.45) is 11.8 Å². The summed E-state index contributed by atoms with van der Waals surface area (Å²) in [6, 6.07) is 10.2. The van der Waals surface area contributed by atoms with Crippen molar-refractivity contribution in [3.05, 3.63) is 51.9 Å². The fourth-order valence-electron chi connectivity index (χ4n) is 4.02. The van der Waals surface area contributed by atoms with Crippen molar-refractivity contribution in [3.8, 4) is 0 Å². The largest absolute Gasteiger partial charge is 0.462 e. The minimum Gasteiger partial charge on any atom is -0.462 e. The quantitative estimate of drug-likeness (QED) is 0.755. The number of nitrogens with one attached hydrogen (secondary N) is 1. The van der Waals surface area contributed by atoms with Crippen LogP contribution in [0.25, 0.3) is 0 Å². The number of hydrogen-bond donors (Lipinski definition) is 1. The molecule has 5 heteroatoms. The van der Waals surface area contributed by atoms with Crippen LogP contribution in [0.15, 0.2) is 30.3 Å². The molecule has 1 aromatic carbocycles. The summed E-state index contributed by atoms with van der Waals surface area (Å²) >= 11 is 1.56. The maximum atomic E-state index is 12.8. The summed E-state index contributed by atoms with van der Waals surface area (Å²) in [6.45, 7) is 4.39. The number of esters is 1. The zero-order valence-corrected chi connectivity index (χ0v) is 16.6. The standard InChI is InChI=1S/C22H25NO3S/c1-3-26-22(25)19-15-10-9-13(2)11-18(15)27-21(19)23-20(24)17-12-16(17)14-7-5-4-6-8-14/h4-8,13,16-17H,3,9-12H2,1-2H3,(H,23,24)/t13-,16-,17-/m1/s1. The highest BCUT2D eigenvalue weighted by atomic mass is 32.1. The first-order valence-electron chi connectivity index (χ1n) is 9.76. The molecule has 0 bridgehead atoms. The molecule has 2 aliphatic rings. The molecule has 1 N–H and O–H groups in total. The van der Waals surface area contributed by atoms with Gasteiger partial charge in [0, 0.05) is 10.8 Å². The highest BCUT2D eigenvalue weighted by molar-refractivity contribution is 7.17. The molecule has 2 aromatic rings. The van der Waals surface area contributed by atoms with Crippen LogP contribution in [0.3, 0.4) is 0 Å². The van der Waals surface area contributed by atoms with Crippen LogP contribution in [0.4, 0.5) is 5.00 Å². The van der Waals surface area contributed by atoms with E-state index in [0.717, 1.165) is 31.2 Å². The average Bonchev–Trinajstić information content (AvgIpc) is 3.38. The van der Waals surface area contributed by atoms with E-state index in [1.54, 1.807) is 11.3 Å². The van der Waals surface area contributed by atoms with Gasteiger partial charge in [-0.25, -0.2) is 4.79 Å². The Balaban J connectivity index is 1.55. The molecular weight excluding hydrogens is 358 g/mol. The van der Waals surface area contributed by atoms with E-state index in [1.807, 2.05) is 25.1 Å². The van der Waals surface area contributed by atoms with E-state index in [1.165, 1.54) is 10.4 Å². The van der Waals surface area contributed by atoms with Crippen LogP contribution in [0, 0.1) is 11.8 Å². The Bertz CT molecular complexity index is 858. The Morgan fingerprint density at radius 2 is 2.04 bits per heavy atom. The van der Waals surface area contributed by atoms with Crippen LogP contribution in [0.1, 0.15) is 59.0 Å². The highest BCUT2D eigenvalue weighted by Gasteiger charge is 2.44. The molecule has 0 unspecified atom stereocenters. The second kappa shape index (κ2) is 7.47. The number of carbonyl (C=O) groups is 2. The number of thiophene rings is 1. The van der Waals surface area contributed by atoms with Gasteiger partial charge in [0.2, 0.25) is 5.91 Å². The van der Waals surface area contributed by atoms with Crippen molar-refractivity contribution >= 4 is 28.2 Å². The molecule has 4 rings (SSSR count). The van der Waals surface area contributed by atoms with Crippen molar-refractivity contribution in [3.63, 3.8) is 0 Å². The van der Waals surface area contributed by atoms with E-state index in [0.29, 0.717) is 23.1 Å². The molecule has 2 aliphatic carbocycles. The van der Waals surface area contributed by atoms with Crippen molar-refractivity contribution in [2.75, 3.05) is 11.9 Å². The van der Waals surface area contributed by atoms with E-state index in [-0.39, 0.29) is 23.7 Å². The Morgan fingerprint density at radius 1 is 1.26 bits per heavy atom. The van der Waals surface area contributed by atoms with Gasteiger partial charge < -0.3 is 10.1 Å². The zero-order chi connectivity index (χ0) is 19.0. The molecule has 0 radical (unpaired) electrons. The number of amides is 1. The zero-order valence-electron chi connectivity index (χ0n) is 15.8. The average molecular weight is 384 g/mol. The van der Waals surface area contributed by atoms with Crippen LogP contribution < -0.4 is 5.32 Å². The lowest BCUT2D eigenvalue weighted by Gasteiger charge is -2.18. The van der Waals surface area contributed by atoms with E-state index < -0.39 is 0 Å². The summed E-state index contributed by atoms with van der Waals surface area (Å²) in [5, 5.41) is 3.74. The number of hydrogen-bond acceptors (Lipinski definition) is 4. The number of fused-ring (bicyclic) bond motifs is 1. The highest BCUT2D eigenvalue weighted by Crippen LogP contribution is 2.48. The predicted molar refractivity (Wildman–Crippen MR) is 107 cm³/mol. The molecule has 1 heterocycles. The van der Waals surface area contributed by atoms with Crippen molar-refractivity contribution in [1.29, 1.82) is 0 Å². The summed E-state index contributed by atoms with van der Waals surface area (Å²) in [6.07, 6.45) is 3.79. The van der Waals surface area contributed by atoms with Gasteiger partial charge in [-0.2, -0.15) is 0 Å². The van der Waals surface area contributed by atoms with Crippen molar-refractivity contribution < 1.29 is 14.3 Å². The first-order valence-corrected chi connectivity index (χ1v) is 10.6. The third-order valence-corrected chi connectivity index (χ3v) is 6.75. The summed E-state index contributed by atoms with van der Waals surface area (Å²) in [7, 11) is 0. The van der Waals surface area contributed by atoms with E-state index >= 15 is 0 Å². The third-order valence-electron chi connectivity index (χ3n) is 5.58. The Hall–Kier alpha value is -2.14. The van der Waals surface area contributed by atoms with Gasteiger partial charge in [-0.1, -0.05) is 37.3 Å². The topological polar surface area (TPSA) is 55.4 Å². The maximum Gasteiger partial charge on any atom is 0.341 e. The predicted octanol–water partition coefficient (Wildman–Crippen LogP) is 4.79. The normalized spacial score (nSPS) is 23.4. The second-order valence-corrected chi connectivity index (χ2v) is 8.73. The lowest BCUT2D eigenvalue weighted by molar-refractivity contribution is -0.117. The van der Waals surface area contributed by atoms with Gasteiger partial charge in [-0.15, -0.1) is 11.3 Å². The number of benzene rings is 1. The molecule has 27 heavy (non-hydrogen) atoms. The molecule has 0 spiro atoms. The molecule has 0 aliphatic heterocycles. The SMILES string of the molecule is CCOC(=O)c1c(NC(=O)[C@@H]2C[C@@H]2c2ccccc2)sc2c1CC[C@@H](C)C2. The smallest absolute Gasteiger partial charge is 0.341 e. The minimum atomic E-state index is -0.310. The lowest BCUT2D eigenvalue weighted by atomic mass is 9.88. The Morgan fingerprint density at radius 3 is 2.78 bits per heavy atom. The van der Waals surface area contributed by atoms with Crippen LogP contribution in [0.5, 0.6) is 0 Å². The summed E-state index contributed by atoms with van der Waals surface area (Å²) in [5.74, 6) is 0.587. The van der Waals surface area contributed by atoms with Gasteiger partial charge in [-0.3, -0.25) is 4.79 Å². The Kier molecular flexibility index (Phi) is 5.04. The summed E-state index contributed by atoms with van der Waals surface area (Å²) in [4.78, 5) is 26.6. The molecule has 1 saturated carbocycles.